The second-order valence-corrected chi connectivity index (χ2v) is 7.09. The number of nitriles is 1. The summed E-state index contributed by atoms with van der Waals surface area (Å²) in [6.45, 7) is 2.79. The Hall–Kier alpha value is -3.33. The minimum absolute atomic E-state index is 0.0813. The van der Waals surface area contributed by atoms with E-state index in [4.69, 9.17) is 14.7 Å². The number of carbonyl (C=O) groups excluding carboxylic acids is 2. The number of likely N-dealkylation sites (tertiary alicyclic amines) is 1. The zero-order chi connectivity index (χ0) is 20.8. The van der Waals surface area contributed by atoms with Gasteiger partial charge in [0.2, 0.25) is 0 Å². The highest BCUT2D eigenvalue weighted by Crippen LogP contribution is 2.24. The molecule has 0 bridgehead atoms. The highest BCUT2D eigenvalue weighted by atomic mass is 16.5. The number of Topliss-reactive ketones (excluding diaryl/α,β-unsaturated/α-hetero) is 1. The third-order valence-electron chi connectivity index (χ3n) is 5.20. The highest BCUT2D eigenvalue weighted by molar-refractivity contribution is 5.98. The van der Waals surface area contributed by atoms with Crippen molar-refractivity contribution < 1.29 is 19.1 Å². The minimum atomic E-state index is -0.628. The van der Waals surface area contributed by atoms with Crippen LogP contribution in [0.1, 0.15) is 35.7 Å². The number of hydrogen-bond donors (Lipinski definition) is 0. The van der Waals surface area contributed by atoms with Crippen LogP contribution in [0.15, 0.2) is 48.5 Å². The molecule has 1 fully saturated rings. The van der Waals surface area contributed by atoms with E-state index < -0.39 is 6.10 Å². The van der Waals surface area contributed by atoms with Gasteiger partial charge in [0.05, 0.1) is 18.7 Å². The molecule has 1 amide bonds. The number of amides is 1. The van der Waals surface area contributed by atoms with Crippen molar-refractivity contribution in [1.82, 2.24) is 4.90 Å². The van der Waals surface area contributed by atoms with Crippen LogP contribution in [0, 0.1) is 17.2 Å². The number of nitrogens with zero attached hydrogens (tertiary/aromatic N) is 2. The van der Waals surface area contributed by atoms with Crippen molar-refractivity contribution in [2.24, 2.45) is 5.92 Å². The van der Waals surface area contributed by atoms with Gasteiger partial charge in [-0.1, -0.05) is 0 Å². The zero-order valence-electron chi connectivity index (χ0n) is 16.6. The minimum Gasteiger partial charge on any atom is -0.497 e. The normalized spacial score (nSPS) is 15.3. The van der Waals surface area contributed by atoms with Gasteiger partial charge in [-0.25, -0.2) is 0 Å². The van der Waals surface area contributed by atoms with E-state index in [-0.39, 0.29) is 17.6 Å². The van der Waals surface area contributed by atoms with Crippen LogP contribution in [0.3, 0.4) is 0 Å². The fraction of sp³-hybridized carbons (Fsp3) is 0.348. The van der Waals surface area contributed by atoms with Gasteiger partial charge in [-0.05, 0) is 68.3 Å². The number of carbonyl (C=O) groups is 2. The van der Waals surface area contributed by atoms with Gasteiger partial charge in [0.15, 0.2) is 11.9 Å². The van der Waals surface area contributed by atoms with Crippen LogP contribution in [-0.4, -0.2) is 42.9 Å². The predicted molar refractivity (Wildman–Crippen MR) is 108 cm³/mol. The molecule has 1 aliphatic heterocycles. The van der Waals surface area contributed by atoms with Crippen molar-refractivity contribution in [2.45, 2.75) is 25.9 Å². The summed E-state index contributed by atoms with van der Waals surface area (Å²) in [7, 11) is 1.59. The molecule has 1 unspecified atom stereocenters. The topological polar surface area (TPSA) is 79.6 Å². The Morgan fingerprint density at radius 1 is 1.03 bits per heavy atom. The maximum Gasteiger partial charge on any atom is 0.263 e. The van der Waals surface area contributed by atoms with E-state index >= 15 is 0 Å². The van der Waals surface area contributed by atoms with E-state index in [9.17, 15) is 9.59 Å². The number of ether oxygens (including phenoxy) is 2. The zero-order valence-corrected chi connectivity index (χ0v) is 16.6. The van der Waals surface area contributed by atoms with Gasteiger partial charge in [-0.3, -0.25) is 9.59 Å². The molecule has 6 heteroatoms. The van der Waals surface area contributed by atoms with Crippen LogP contribution < -0.4 is 9.47 Å². The number of hydrogen-bond acceptors (Lipinski definition) is 5. The molecule has 150 valence electrons. The molecule has 2 aromatic rings. The summed E-state index contributed by atoms with van der Waals surface area (Å²) in [5.74, 6) is 1.21. The molecule has 1 saturated heterocycles. The Morgan fingerprint density at radius 3 is 2.17 bits per heavy atom. The summed E-state index contributed by atoms with van der Waals surface area (Å²) in [5.41, 5.74) is 1.22. The first-order chi connectivity index (χ1) is 14.0. The molecule has 0 aromatic heterocycles. The lowest BCUT2D eigenvalue weighted by atomic mass is 9.88. The third-order valence-corrected chi connectivity index (χ3v) is 5.20. The predicted octanol–water partition coefficient (Wildman–Crippen LogP) is 3.46. The van der Waals surface area contributed by atoms with E-state index in [2.05, 4.69) is 0 Å². The standard InChI is InChI=1S/C23H24N2O4/c1-16(29-21-7-3-17(15-24)4-8-21)23(27)25-13-11-19(12-14-25)22(26)18-5-9-20(28-2)10-6-18/h3-10,16,19H,11-14H2,1-2H3. The van der Waals surface area contributed by atoms with E-state index in [1.165, 1.54) is 0 Å². The van der Waals surface area contributed by atoms with Crippen LogP contribution in [0.25, 0.3) is 0 Å². The van der Waals surface area contributed by atoms with Crippen LogP contribution in [-0.2, 0) is 4.79 Å². The molecule has 0 radical (unpaired) electrons. The SMILES string of the molecule is COc1ccc(C(=O)C2CCN(C(=O)C(C)Oc3ccc(C#N)cc3)CC2)cc1. The number of benzene rings is 2. The number of ketones is 1. The first-order valence-corrected chi connectivity index (χ1v) is 9.65. The summed E-state index contributed by atoms with van der Waals surface area (Å²) in [6, 6.07) is 15.9. The lowest BCUT2D eigenvalue weighted by Crippen LogP contribution is -2.45. The second-order valence-electron chi connectivity index (χ2n) is 7.09. The number of methoxy groups -OCH3 is 1. The number of rotatable bonds is 6. The maximum atomic E-state index is 12.7. The van der Waals surface area contributed by atoms with E-state index in [0.717, 1.165) is 5.75 Å². The first kappa shape index (κ1) is 20.4. The van der Waals surface area contributed by atoms with E-state index in [1.807, 2.05) is 6.07 Å². The van der Waals surface area contributed by atoms with Crippen LogP contribution in [0.4, 0.5) is 0 Å². The molecule has 6 nitrogen and oxygen atoms in total. The molecule has 1 atom stereocenters. The molecule has 29 heavy (non-hydrogen) atoms. The van der Waals surface area contributed by atoms with Crippen LogP contribution in [0.5, 0.6) is 11.5 Å². The Labute approximate surface area is 170 Å². The average molecular weight is 392 g/mol. The van der Waals surface area contributed by atoms with Gasteiger partial charge in [-0.15, -0.1) is 0 Å². The fourth-order valence-corrected chi connectivity index (χ4v) is 3.47. The Balaban J connectivity index is 1.52. The summed E-state index contributed by atoms with van der Waals surface area (Å²) in [4.78, 5) is 27.2. The summed E-state index contributed by atoms with van der Waals surface area (Å²) in [5, 5.41) is 8.84. The summed E-state index contributed by atoms with van der Waals surface area (Å²) < 4.78 is 10.8. The van der Waals surface area contributed by atoms with Gasteiger partial charge in [-0.2, -0.15) is 5.26 Å². The Bertz CT molecular complexity index is 892. The lowest BCUT2D eigenvalue weighted by molar-refractivity contribution is -0.139. The highest BCUT2D eigenvalue weighted by Gasteiger charge is 2.30. The van der Waals surface area contributed by atoms with Crippen molar-refractivity contribution in [2.75, 3.05) is 20.2 Å². The van der Waals surface area contributed by atoms with E-state index in [1.54, 1.807) is 67.5 Å². The molecule has 0 spiro atoms. The largest absolute Gasteiger partial charge is 0.497 e. The van der Waals surface area contributed by atoms with Gasteiger partial charge in [0.1, 0.15) is 11.5 Å². The molecular weight excluding hydrogens is 368 g/mol. The molecule has 1 aliphatic rings. The molecule has 0 aliphatic carbocycles. The van der Waals surface area contributed by atoms with Crippen molar-refractivity contribution in [3.63, 3.8) is 0 Å². The average Bonchev–Trinajstić information content (AvgIpc) is 2.78. The molecule has 2 aromatic carbocycles. The van der Waals surface area contributed by atoms with Gasteiger partial charge in [0, 0.05) is 24.6 Å². The molecule has 3 rings (SSSR count). The van der Waals surface area contributed by atoms with Gasteiger partial charge < -0.3 is 14.4 Å². The van der Waals surface area contributed by atoms with Crippen molar-refractivity contribution in [3.05, 3.63) is 59.7 Å². The summed E-state index contributed by atoms with van der Waals surface area (Å²) in [6.07, 6.45) is 0.650. The third kappa shape index (κ3) is 4.94. The van der Waals surface area contributed by atoms with Crippen molar-refractivity contribution >= 4 is 11.7 Å². The van der Waals surface area contributed by atoms with E-state index in [0.29, 0.717) is 42.8 Å². The molecule has 0 N–H and O–H groups in total. The van der Waals surface area contributed by atoms with Gasteiger partial charge >= 0.3 is 0 Å². The maximum absolute atomic E-state index is 12.7. The fourth-order valence-electron chi connectivity index (χ4n) is 3.47. The van der Waals surface area contributed by atoms with Crippen molar-refractivity contribution in [1.29, 1.82) is 5.26 Å². The van der Waals surface area contributed by atoms with Crippen LogP contribution in [0.2, 0.25) is 0 Å². The smallest absolute Gasteiger partial charge is 0.263 e. The monoisotopic (exact) mass is 392 g/mol. The lowest BCUT2D eigenvalue weighted by Gasteiger charge is -2.33. The molecular formula is C23H24N2O4. The second kappa shape index (κ2) is 9.24. The van der Waals surface area contributed by atoms with Gasteiger partial charge in [0.25, 0.3) is 5.91 Å². The molecule has 0 saturated carbocycles. The Morgan fingerprint density at radius 2 is 1.62 bits per heavy atom. The van der Waals surface area contributed by atoms with Crippen LogP contribution >= 0.6 is 0 Å². The van der Waals surface area contributed by atoms with Crippen molar-refractivity contribution in [3.8, 4) is 17.6 Å². The molecule has 1 heterocycles. The quantitative estimate of drug-likeness (QED) is 0.704. The first-order valence-electron chi connectivity index (χ1n) is 9.65. The summed E-state index contributed by atoms with van der Waals surface area (Å²) >= 11 is 0. The Kier molecular flexibility index (Phi) is 6.50. The number of piperidine rings is 1.